The molecule has 0 fully saturated rings. The number of hydrogen-bond donors (Lipinski definition) is 2. The lowest BCUT2D eigenvalue weighted by Crippen LogP contribution is -2.50. The molecule has 0 unspecified atom stereocenters. The Morgan fingerprint density at radius 3 is 2.25 bits per heavy atom. The molecule has 0 bridgehead atoms. The Bertz CT molecular complexity index is 399. The third-order valence-corrected chi connectivity index (χ3v) is 3.80. The quantitative estimate of drug-likeness (QED) is 0.847. The second-order valence-corrected chi connectivity index (χ2v) is 5.99. The van der Waals surface area contributed by atoms with Crippen molar-refractivity contribution in [2.24, 2.45) is 5.41 Å². The van der Waals surface area contributed by atoms with E-state index in [-0.39, 0.29) is 0 Å². The van der Waals surface area contributed by atoms with Crippen LogP contribution in [0, 0.1) is 12.3 Å². The number of aliphatic carboxylic acids is 1. The minimum absolute atomic E-state index is 0.606. The van der Waals surface area contributed by atoms with E-state index in [2.05, 4.69) is 15.5 Å². The predicted molar refractivity (Wildman–Crippen MR) is 63.8 cm³/mol. The second kappa shape index (κ2) is 4.01. The van der Waals surface area contributed by atoms with Gasteiger partial charge in [-0.2, -0.15) is 0 Å². The zero-order chi connectivity index (χ0) is 12.6. The van der Waals surface area contributed by atoms with Crippen molar-refractivity contribution < 1.29 is 9.90 Å². The van der Waals surface area contributed by atoms with Crippen LogP contribution in [0.4, 0.5) is 5.13 Å². The lowest BCUT2D eigenvalue weighted by atomic mass is 9.74. The van der Waals surface area contributed by atoms with Gasteiger partial charge in [-0.1, -0.05) is 11.3 Å². The minimum Gasteiger partial charge on any atom is -0.481 e. The summed E-state index contributed by atoms with van der Waals surface area (Å²) in [6.07, 6.45) is 0. The number of rotatable bonds is 4. The van der Waals surface area contributed by atoms with Gasteiger partial charge in [-0.05, 0) is 34.6 Å². The van der Waals surface area contributed by atoms with Crippen LogP contribution < -0.4 is 5.32 Å². The van der Waals surface area contributed by atoms with Crippen molar-refractivity contribution in [3.05, 3.63) is 5.01 Å². The summed E-state index contributed by atoms with van der Waals surface area (Å²) in [5.74, 6) is -0.841. The fourth-order valence-corrected chi connectivity index (χ4v) is 1.79. The predicted octanol–water partition coefficient (Wildman–Crippen LogP) is 2.15. The van der Waals surface area contributed by atoms with Gasteiger partial charge in [0.1, 0.15) is 5.01 Å². The lowest BCUT2D eigenvalue weighted by Gasteiger charge is -2.38. The van der Waals surface area contributed by atoms with E-state index in [4.69, 9.17) is 0 Å². The molecule has 0 atom stereocenters. The average Bonchev–Trinajstić information content (AvgIpc) is 2.49. The van der Waals surface area contributed by atoms with Crippen molar-refractivity contribution in [2.75, 3.05) is 5.32 Å². The zero-order valence-electron chi connectivity index (χ0n) is 10.2. The van der Waals surface area contributed by atoms with E-state index in [0.29, 0.717) is 5.13 Å². The van der Waals surface area contributed by atoms with Gasteiger partial charge in [0.15, 0.2) is 0 Å². The van der Waals surface area contributed by atoms with Gasteiger partial charge in [0, 0.05) is 5.54 Å². The molecule has 0 saturated carbocycles. The molecule has 0 aromatic carbocycles. The van der Waals surface area contributed by atoms with Crippen molar-refractivity contribution in [3.8, 4) is 0 Å². The van der Waals surface area contributed by atoms with Crippen molar-refractivity contribution in [2.45, 2.75) is 40.2 Å². The molecule has 1 rings (SSSR count). The summed E-state index contributed by atoms with van der Waals surface area (Å²) in [4.78, 5) is 11.2. The van der Waals surface area contributed by atoms with Crippen LogP contribution in [0.25, 0.3) is 0 Å². The van der Waals surface area contributed by atoms with Crippen LogP contribution >= 0.6 is 11.3 Å². The number of nitrogens with zero attached hydrogens (tertiary/aromatic N) is 2. The Morgan fingerprint density at radius 1 is 1.31 bits per heavy atom. The number of carbonyl (C=O) groups is 1. The highest BCUT2D eigenvalue weighted by Gasteiger charge is 2.43. The largest absolute Gasteiger partial charge is 0.481 e. The number of carboxylic acid groups (broad SMARTS) is 1. The van der Waals surface area contributed by atoms with Gasteiger partial charge in [0.25, 0.3) is 0 Å². The van der Waals surface area contributed by atoms with Crippen LogP contribution in [0.5, 0.6) is 0 Å². The number of carboxylic acids is 1. The van der Waals surface area contributed by atoms with E-state index in [1.54, 1.807) is 13.8 Å². The Morgan fingerprint density at radius 2 is 1.88 bits per heavy atom. The monoisotopic (exact) mass is 243 g/mol. The molecule has 16 heavy (non-hydrogen) atoms. The number of aryl methyl sites for hydroxylation is 1. The highest BCUT2D eigenvalue weighted by atomic mass is 32.1. The zero-order valence-corrected chi connectivity index (χ0v) is 11.0. The number of nitrogens with one attached hydrogen (secondary N) is 1. The second-order valence-electron chi connectivity index (χ2n) is 4.81. The normalized spacial score (nSPS) is 12.6. The van der Waals surface area contributed by atoms with Crippen LogP contribution in [0.15, 0.2) is 0 Å². The maximum Gasteiger partial charge on any atom is 0.311 e. The van der Waals surface area contributed by atoms with Gasteiger partial charge in [-0.25, -0.2) is 0 Å². The molecule has 0 aliphatic carbocycles. The summed E-state index contributed by atoms with van der Waals surface area (Å²) < 4.78 is 0. The summed E-state index contributed by atoms with van der Waals surface area (Å²) in [7, 11) is 0. The van der Waals surface area contributed by atoms with Gasteiger partial charge < -0.3 is 10.4 Å². The Labute approximate surface area is 98.9 Å². The molecule has 0 amide bonds. The van der Waals surface area contributed by atoms with E-state index in [1.807, 2.05) is 20.8 Å². The molecule has 2 N–H and O–H groups in total. The van der Waals surface area contributed by atoms with Crippen LogP contribution in [0.2, 0.25) is 0 Å². The van der Waals surface area contributed by atoms with Crippen LogP contribution in [-0.4, -0.2) is 26.8 Å². The molecule has 0 saturated heterocycles. The molecule has 0 aliphatic heterocycles. The Hall–Kier alpha value is -1.17. The Kier molecular flexibility index (Phi) is 3.23. The standard InChI is InChI=1S/C10H17N3O2S/c1-6-12-13-8(16-6)11-10(4,5)9(2,3)7(14)15/h1-5H3,(H,11,13)(H,14,15). The molecule has 0 spiro atoms. The first-order valence-corrected chi connectivity index (χ1v) is 5.80. The van der Waals surface area contributed by atoms with Crippen LogP contribution in [0.3, 0.4) is 0 Å². The van der Waals surface area contributed by atoms with Gasteiger partial charge in [-0.3, -0.25) is 4.79 Å². The molecule has 0 radical (unpaired) electrons. The van der Waals surface area contributed by atoms with Crippen molar-refractivity contribution in [1.82, 2.24) is 10.2 Å². The summed E-state index contributed by atoms with van der Waals surface area (Å²) in [6.45, 7) is 8.93. The maximum atomic E-state index is 11.2. The highest BCUT2D eigenvalue weighted by Crippen LogP contribution is 2.34. The smallest absolute Gasteiger partial charge is 0.311 e. The Balaban J connectivity index is 2.90. The number of aromatic nitrogens is 2. The molecule has 1 aromatic rings. The van der Waals surface area contributed by atoms with Gasteiger partial charge >= 0.3 is 5.97 Å². The topological polar surface area (TPSA) is 75.1 Å². The number of hydrogen-bond acceptors (Lipinski definition) is 5. The lowest BCUT2D eigenvalue weighted by molar-refractivity contribution is -0.149. The average molecular weight is 243 g/mol. The summed E-state index contributed by atoms with van der Waals surface area (Å²) in [6, 6.07) is 0. The van der Waals surface area contributed by atoms with Crippen molar-refractivity contribution in [3.63, 3.8) is 0 Å². The number of anilines is 1. The first-order valence-electron chi connectivity index (χ1n) is 4.98. The van der Waals surface area contributed by atoms with E-state index in [1.165, 1.54) is 11.3 Å². The third kappa shape index (κ3) is 2.32. The van der Waals surface area contributed by atoms with E-state index >= 15 is 0 Å². The fourth-order valence-electron chi connectivity index (χ4n) is 1.04. The summed E-state index contributed by atoms with van der Waals surface area (Å²) >= 11 is 1.42. The van der Waals surface area contributed by atoms with Crippen molar-refractivity contribution in [1.29, 1.82) is 0 Å². The highest BCUT2D eigenvalue weighted by molar-refractivity contribution is 7.15. The fraction of sp³-hybridized carbons (Fsp3) is 0.700. The molecule has 5 nitrogen and oxygen atoms in total. The summed E-state index contributed by atoms with van der Waals surface area (Å²) in [5, 5.41) is 21.6. The maximum absolute atomic E-state index is 11.2. The molecule has 1 heterocycles. The first-order chi connectivity index (χ1) is 7.17. The van der Waals surface area contributed by atoms with Crippen molar-refractivity contribution >= 4 is 22.4 Å². The van der Waals surface area contributed by atoms with E-state index in [0.717, 1.165) is 5.01 Å². The van der Waals surface area contributed by atoms with Crippen LogP contribution in [0.1, 0.15) is 32.7 Å². The molecular formula is C10H17N3O2S. The van der Waals surface area contributed by atoms with Gasteiger partial charge in [-0.15, -0.1) is 10.2 Å². The van der Waals surface area contributed by atoms with Gasteiger partial charge in [0.05, 0.1) is 5.41 Å². The van der Waals surface area contributed by atoms with Gasteiger partial charge in [0.2, 0.25) is 5.13 Å². The van der Waals surface area contributed by atoms with Crippen LogP contribution in [-0.2, 0) is 4.79 Å². The minimum atomic E-state index is -0.896. The molecule has 0 aliphatic rings. The first kappa shape index (κ1) is 12.9. The van der Waals surface area contributed by atoms with E-state index < -0.39 is 16.9 Å². The third-order valence-electron chi connectivity index (χ3n) is 3.04. The summed E-state index contributed by atoms with van der Waals surface area (Å²) in [5.41, 5.74) is -1.50. The molecule has 1 aromatic heterocycles. The molecular weight excluding hydrogens is 226 g/mol. The molecule has 6 heteroatoms. The van der Waals surface area contributed by atoms with E-state index in [9.17, 15) is 9.90 Å². The SMILES string of the molecule is Cc1nnc(NC(C)(C)C(C)(C)C(=O)O)s1. The molecule has 90 valence electrons.